The van der Waals surface area contributed by atoms with E-state index in [4.69, 9.17) is 18.8 Å². The molecule has 0 aliphatic heterocycles. The highest BCUT2D eigenvalue weighted by Crippen LogP contribution is 2.47. The lowest BCUT2D eigenvalue weighted by molar-refractivity contribution is 0.223. The third kappa shape index (κ3) is 3.40. The minimum absolute atomic E-state index is 0.0746. The second kappa shape index (κ2) is 6.68. The first kappa shape index (κ1) is 15.5. The van der Waals surface area contributed by atoms with E-state index in [0.29, 0.717) is 11.3 Å². The Kier molecular flexibility index (Phi) is 4.92. The molecule has 2 aromatic rings. The molecule has 0 fully saturated rings. The van der Waals surface area contributed by atoms with E-state index in [1.54, 1.807) is 38.1 Å². The number of nitriles is 1. The second-order valence-corrected chi connectivity index (χ2v) is 6.02. The molecule has 0 saturated heterocycles. The Morgan fingerprint density at radius 1 is 1.24 bits per heavy atom. The average Bonchev–Trinajstić information content (AvgIpc) is 2.98. The van der Waals surface area contributed by atoms with Crippen molar-refractivity contribution in [1.29, 1.82) is 5.26 Å². The quantitative estimate of drug-likeness (QED) is 0.762. The zero-order chi connectivity index (χ0) is 15.3. The Balaban J connectivity index is 2.31. The van der Waals surface area contributed by atoms with Crippen LogP contribution in [-0.4, -0.2) is 18.4 Å². The van der Waals surface area contributed by atoms with Crippen molar-refractivity contribution < 1.29 is 18.1 Å². The van der Waals surface area contributed by atoms with E-state index in [2.05, 4.69) is 5.16 Å². The van der Waals surface area contributed by atoms with Gasteiger partial charge in [0, 0.05) is 11.6 Å². The monoisotopic (exact) mass is 306 g/mol. The highest BCUT2D eigenvalue weighted by molar-refractivity contribution is 7.61. The molecule has 6 nitrogen and oxygen atoms in total. The van der Waals surface area contributed by atoms with Crippen molar-refractivity contribution in [3.05, 3.63) is 35.9 Å². The molecule has 7 heteroatoms. The summed E-state index contributed by atoms with van der Waals surface area (Å²) in [4.78, 5) is 0. The lowest BCUT2D eigenvalue weighted by Gasteiger charge is -2.12. The molecule has 0 aliphatic carbocycles. The summed E-state index contributed by atoms with van der Waals surface area (Å²) in [5.74, 6) is 0. The van der Waals surface area contributed by atoms with E-state index >= 15 is 0 Å². The normalized spacial score (nSPS) is 11.3. The lowest BCUT2D eigenvalue weighted by atomic mass is 10.1. The van der Waals surface area contributed by atoms with Gasteiger partial charge >= 0.3 is 7.60 Å². The summed E-state index contributed by atoms with van der Waals surface area (Å²) in [5, 5.41) is 12.7. The topological polar surface area (TPSA) is 85.4 Å². The number of nitrogens with zero attached hydrogens (tertiary/aromatic N) is 2. The van der Waals surface area contributed by atoms with Crippen molar-refractivity contribution in [1.82, 2.24) is 5.16 Å². The van der Waals surface area contributed by atoms with Crippen LogP contribution in [0.3, 0.4) is 0 Å². The van der Waals surface area contributed by atoms with E-state index in [0.717, 1.165) is 5.56 Å². The van der Waals surface area contributed by atoms with Gasteiger partial charge in [0.1, 0.15) is 5.69 Å². The average molecular weight is 306 g/mol. The zero-order valence-corrected chi connectivity index (χ0v) is 12.7. The molecular weight excluding hydrogens is 291 g/mol. The molecular formula is C14H15N2O4P. The summed E-state index contributed by atoms with van der Waals surface area (Å²) in [6.45, 7) is 3.93. The highest BCUT2D eigenvalue weighted by atomic mass is 31.2. The first-order chi connectivity index (χ1) is 10.1. The van der Waals surface area contributed by atoms with Gasteiger partial charge in [-0.2, -0.15) is 5.26 Å². The first-order valence-electron chi connectivity index (χ1n) is 6.50. The maximum Gasteiger partial charge on any atom is 0.399 e. The molecule has 0 unspecified atom stereocenters. The van der Waals surface area contributed by atoms with Crippen molar-refractivity contribution in [2.24, 2.45) is 0 Å². The summed E-state index contributed by atoms with van der Waals surface area (Å²) < 4.78 is 28.1. The molecule has 0 saturated carbocycles. The van der Waals surface area contributed by atoms with E-state index < -0.39 is 7.60 Å². The summed E-state index contributed by atoms with van der Waals surface area (Å²) in [6.07, 6.45) is 0. The Morgan fingerprint density at radius 2 is 1.86 bits per heavy atom. The van der Waals surface area contributed by atoms with Crippen molar-refractivity contribution in [3.63, 3.8) is 0 Å². The third-order valence-corrected chi connectivity index (χ3v) is 4.62. The molecule has 0 bridgehead atoms. The predicted octanol–water partition coefficient (Wildman–Crippen LogP) is 3.10. The molecule has 1 aromatic heterocycles. The van der Waals surface area contributed by atoms with Gasteiger partial charge in [0.05, 0.1) is 24.8 Å². The SMILES string of the molecule is CCOP(=O)(OCC)c1cc(-c2ccc(C#N)cc2)no1. The largest absolute Gasteiger partial charge is 0.399 e. The van der Waals surface area contributed by atoms with Crippen LogP contribution in [-0.2, 0) is 13.6 Å². The van der Waals surface area contributed by atoms with Crippen LogP contribution >= 0.6 is 7.60 Å². The maximum absolute atomic E-state index is 12.5. The van der Waals surface area contributed by atoms with Crippen LogP contribution in [0.5, 0.6) is 0 Å². The van der Waals surface area contributed by atoms with Crippen LogP contribution in [0.2, 0.25) is 0 Å². The molecule has 0 spiro atoms. The minimum Gasteiger partial charge on any atom is -0.348 e. The fourth-order valence-corrected chi connectivity index (χ4v) is 3.18. The summed E-state index contributed by atoms with van der Waals surface area (Å²) in [5.41, 5.74) is 1.89. The third-order valence-electron chi connectivity index (χ3n) is 2.68. The van der Waals surface area contributed by atoms with Gasteiger partial charge in [0.15, 0.2) is 0 Å². The van der Waals surface area contributed by atoms with Crippen LogP contribution in [0.4, 0.5) is 0 Å². The van der Waals surface area contributed by atoms with E-state index in [-0.39, 0.29) is 18.7 Å². The van der Waals surface area contributed by atoms with Gasteiger partial charge in [-0.15, -0.1) is 0 Å². The predicted molar refractivity (Wildman–Crippen MR) is 77.1 cm³/mol. The van der Waals surface area contributed by atoms with Crippen molar-refractivity contribution in [3.8, 4) is 17.3 Å². The van der Waals surface area contributed by atoms with Crippen molar-refractivity contribution >= 4 is 13.1 Å². The highest BCUT2D eigenvalue weighted by Gasteiger charge is 2.32. The molecule has 1 heterocycles. The number of hydrogen-bond donors (Lipinski definition) is 0. The fourth-order valence-electron chi connectivity index (χ4n) is 1.75. The van der Waals surface area contributed by atoms with E-state index in [9.17, 15) is 4.57 Å². The van der Waals surface area contributed by atoms with Crippen LogP contribution in [0.15, 0.2) is 34.9 Å². The van der Waals surface area contributed by atoms with Crippen LogP contribution in [0.1, 0.15) is 19.4 Å². The maximum atomic E-state index is 12.5. The van der Waals surface area contributed by atoms with Gasteiger partial charge in [-0.1, -0.05) is 17.3 Å². The Hall–Kier alpha value is -1.93. The van der Waals surface area contributed by atoms with Gasteiger partial charge in [-0.25, -0.2) is 0 Å². The van der Waals surface area contributed by atoms with Crippen molar-refractivity contribution in [2.75, 3.05) is 13.2 Å². The minimum atomic E-state index is -3.47. The Bertz CT molecular complexity index is 678. The number of rotatable bonds is 6. The molecule has 110 valence electrons. The number of aromatic nitrogens is 1. The van der Waals surface area contributed by atoms with E-state index in [1.165, 1.54) is 6.07 Å². The molecule has 0 radical (unpaired) electrons. The van der Waals surface area contributed by atoms with Gasteiger partial charge in [0.25, 0.3) is 0 Å². The van der Waals surface area contributed by atoms with E-state index in [1.807, 2.05) is 6.07 Å². The summed E-state index contributed by atoms with van der Waals surface area (Å²) in [6, 6.07) is 10.4. The standard InChI is InChI=1S/C14H15N2O4P/c1-3-18-21(17,19-4-2)14-9-13(16-20-14)12-7-5-11(10-15)6-8-12/h5-9H,3-4H2,1-2H3. The molecule has 0 amide bonds. The molecule has 2 rings (SSSR count). The number of hydrogen-bond acceptors (Lipinski definition) is 6. The molecule has 0 aliphatic rings. The fraction of sp³-hybridized carbons (Fsp3) is 0.286. The van der Waals surface area contributed by atoms with Gasteiger partial charge in [-0.3, -0.25) is 4.57 Å². The second-order valence-electron chi connectivity index (χ2n) is 4.07. The van der Waals surface area contributed by atoms with Crippen LogP contribution < -0.4 is 5.50 Å². The number of benzene rings is 1. The van der Waals surface area contributed by atoms with Crippen LogP contribution in [0, 0.1) is 11.3 Å². The summed E-state index contributed by atoms with van der Waals surface area (Å²) in [7, 11) is -3.47. The van der Waals surface area contributed by atoms with Crippen molar-refractivity contribution in [2.45, 2.75) is 13.8 Å². The first-order valence-corrected chi connectivity index (χ1v) is 8.04. The Labute approximate surface area is 122 Å². The molecule has 0 atom stereocenters. The zero-order valence-electron chi connectivity index (χ0n) is 11.8. The van der Waals surface area contributed by atoms with Crippen LogP contribution in [0.25, 0.3) is 11.3 Å². The van der Waals surface area contributed by atoms with Gasteiger partial charge in [-0.05, 0) is 26.0 Å². The smallest absolute Gasteiger partial charge is 0.348 e. The van der Waals surface area contributed by atoms with Gasteiger partial charge < -0.3 is 13.6 Å². The molecule has 21 heavy (non-hydrogen) atoms. The lowest BCUT2D eigenvalue weighted by Crippen LogP contribution is -2.08. The Morgan fingerprint density at radius 3 is 2.38 bits per heavy atom. The molecule has 1 aromatic carbocycles. The van der Waals surface area contributed by atoms with Gasteiger partial charge in [0.2, 0.25) is 5.50 Å². The molecule has 0 N–H and O–H groups in total. The summed E-state index contributed by atoms with van der Waals surface area (Å²) >= 11 is 0.